The minimum Gasteiger partial charge on any atom is -0.388 e. The number of hydrogen-bond acceptors (Lipinski definition) is 5. The van der Waals surface area contributed by atoms with Gasteiger partial charge in [-0.25, -0.2) is 4.84 Å². The van der Waals surface area contributed by atoms with E-state index in [0.29, 0.717) is 0 Å². The van der Waals surface area contributed by atoms with Crippen LogP contribution in [-0.4, -0.2) is 17.0 Å². The summed E-state index contributed by atoms with van der Waals surface area (Å²) in [7, 11) is 0. The van der Waals surface area contributed by atoms with Crippen LogP contribution in [0.3, 0.4) is 0 Å². The number of benzene rings is 1. The van der Waals surface area contributed by atoms with Crippen LogP contribution in [0.4, 0.5) is 0 Å². The smallest absolute Gasteiger partial charge is 0.186 e. The predicted molar refractivity (Wildman–Crippen MR) is 55.6 cm³/mol. The molecule has 80 valence electrons. The zero-order chi connectivity index (χ0) is 10.7. The standard InChI is InChI=1S/C10H13N3O2/c11-10(7-12-13-15-10)6-9(14)8-4-2-1-3-5-8/h1-5,7,9,13-14H,6,11H2. The number of hydrogen-bond donors (Lipinski definition) is 3. The normalized spacial score (nSPS) is 26.3. The lowest BCUT2D eigenvalue weighted by molar-refractivity contribution is -0.0596. The molecule has 0 aromatic heterocycles. The molecule has 1 aliphatic heterocycles. The van der Waals surface area contributed by atoms with Gasteiger partial charge in [0.25, 0.3) is 0 Å². The number of rotatable bonds is 3. The fourth-order valence-electron chi connectivity index (χ4n) is 1.46. The maximum absolute atomic E-state index is 9.90. The number of aliphatic hydroxyl groups excluding tert-OH is 1. The zero-order valence-electron chi connectivity index (χ0n) is 8.13. The Labute approximate surface area is 87.5 Å². The van der Waals surface area contributed by atoms with Crippen LogP contribution in [0.15, 0.2) is 35.4 Å². The van der Waals surface area contributed by atoms with E-state index in [9.17, 15) is 5.11 Å². The van der Waals surface area contributed by atoms with Crippen molar-refractivity contribution in [3.8, 4) is 0 Å². The monoisotopic (exact) mass is 207 g/mol. The van der Waals surface area contributed by atoms with E-state index in [1.807, 2.05) is 30.3 Å². The zero-order valence-corrected chi connectivity index (χ0v) is 8.13. The fraction of sp³-hybridized carbons (Fsp3) is 0.300. The largest absolute Gasteiger partial charge is 0.388 e. The third-order valence-corrected chi connectivity index (χ3v) is 2.27. The average molecular weight is 207 g/mol. The summed E-state index contributed by atoms with van der Waals surface area (Å²) < 4.78 is 0. The maximum atomic E-state index is 9.90. The van der Waals surface area contributed by atoms with Crippen LogP contribution < -0.4 is 11.3 Å². The lowest BCUT2D eigenvalue weighted by atomic mass is 10.0. The maximum Gasteiger partial charge on any atom is 0.186 e. The van der Waals surface area contributed by atoms with Crippen LogP contribution in [0.1, 0.15) is 18.1 Å². The summed E-state index contributed by atoms with van der Waals surface area (Å²) in [5.41, 5.74) is 7.89. The SMILES string of the molecule is NC1(CC(O)c2ccccc2)C=NNO1. The van der Waals surface area contributed by atoms with Gasteiger partial charge in [0, 0.05) is 6.42 Å². The Bertz CT molecular complexity index is 355. The van der Waals surface area contributed by atoms with Crippen LogP contribution in [0.5, 0.6) is 0 Å². The Balaban J connectivity index is 2.04. The molecule has 5 heteroatoms. The number of nitrogens with two attached hydrogens (primary N) is 1. The molecule has 1 heterocycles. The van der Waals surface area contributed by atoms with E-state index in [4.69, 9.17) is 10.6 Å². The molecule has 15 heavy (non-hydrogen) atoms. The second kappa shape index (κ2) is 3.98. The van der Waals surface area contributed by atoms with Gasteiger partial charge < -0.3 is 5.11 Å². The summed E-state index contributed by atoms with van der Waals surface area (Å²) in [6.07, 6.45) is 1.04. The minimum absolute atomic E-state index is 0.257. The van der Waals surface area contributed by atoms with E-state index in [-0.39, 0.29) is 6.42 Å². The van der Waals surface area contributed by atoms with Crippen LogP contribution in [0, 0.1) is 0 Å². The molecular weight excluding hydrogens is 194 g/mol. The summed E-state index contributed by atoms with van der Waals surface area (Å²) in [4.78, 5) is 4.98. The van der Waals surface area contributed by atoms with Crippen molar-refractivity contribution in [1.82, 2.24) is 5.59 Å². The van der Waals surface area contributed by atoms with E-state index < -0.39 is 11.8 Å². The Hall–Kier alpha value is -1.43. The first kappa shape index (κ1) is 10.1. The number of nitrogens with one attached hydrogen (secondary N) is 1. The molecule has 0 fully saturated rings. The third kappa shape index (κ3) is 2.33. The summed E-state index contributed by atoms with van der Waals surface area (Å²) in [5.74, 6) is 0. The van der Waals surface area contributed by atoms with Gasteiger partial charge in [-0.3, -0.25) is 5.73 Å². The van der Waals surface area contributed by atoms with Gasteiger partial charge in [0.05, 0.1) is 12.3 Å². The molecule has 0 spiro atoms. The predicted octanol–water partition coefficient (Wildman–Crippen LogP) is 0.286. The van der Waals surface area contributed by atoms with E-state index >= 15 is 0 Å². The molecule has 0 amide bonds. The summed E-state index contributed by atoms with van der Waals surface area (Å²) in [6.45, 7) is 0. The molecule has 0 aliphatic carbocycles. The molecule has 0 radical (unpaired) electrons. The van der Waals surface area contributed by atoms with Gasteiger partial charge >= 0.3 is 0 Å². The van der Waals surface area contributed by atoms with E-state index in [1.165, 1.54) is 6.21 Å². The van der Waals surface area contributed by atoms with Gasteiger partial charge in [-0.2, -0.15) is 10.7 Å². The van der Waals surface area contributed by atoms with Gasteiger partial charge in [0.15, 0.2) is 5.72 Å². The molecule has 0 bridgehead atoms. The van der Waals surface area contributed by atoms with Crippen molar-refractivity contribution < 1.29 is 9.94 Å². The van der Waals surface area contributed by atoms with Gasteiger partial charge in [-0.15, -0.1) is 0 Å². The Morgan fingerprint density at radius 2 is 2.20 bits per heavy atom. The fourth-order valence-corrected chi connectivity index (χ4v) is 1.46. The van der Waals surface area contributed by atoms with E-state index in [1.54, 1.807) is 0 Å². The van der Waals surface area contributed by atoms with Crippen molar-refractivity contribution in [2.75, 3.05) is 0 Å². The minimum atomic E-state index is -1.03. The molecule has 2 unspecified atom stereocenters. The number of nitrogens with zero attached hydrogens (tertiary/aromatic N) is 1. The topological polar surface area (TPSA) is 79.9 Å². The molecule has 0 saturated carbocycles. The molecule has 4 N–H and O–H groups in total. The second-order valence-electron chi connectivity index (χ2n) is 3.54. The lowest BCUT2D eigenvalue weighted by Crippen LogP contribution is -2.44. The Kier molecular flexibility index (Phi) is 2.68. The number of aliphatic hydroxyl groups is 1. The molecule has 2 atom stereocenters. The highest BCUT2D eigenvalue weighted by Gasteiger charge is 2.31. The summed E-state index contributed by atoms with van der Waals surface area (Å²) in [5, 5.41) is 13.5. The summed E-state index contributed by atoms with van der Waals surface area (Å²) in [6, 6.07) is 9.30. The van der Waals surface area contributed by atoms with Crippen LogP contribution in [0.2, 0.25) is 0 Å². The third-order valence-electron chi connectivity index (χ3n) is 2.27. The molecule has 0 saturated heterocycles. The van der Waals surface area contributed by atoms with E-state index in [0.717, 1.165) is 5.56 Å². The van der Waals surface area contributed by atoms with Crippen molar-refractivity contribution in [3.63, 3.8) is 0 Å². The number of hydrazone groups is 1. The quantitative estimate of drug-likeness (QED) is 0.665. The Morgan fingerprint density at radius 1 is 1.47 bits per heavy atom. The van der Waals surface area contributed by atoms with E-state index in [2.05, 4.69) is 10.7 Å². The van der Waals surface area contributed by atoms with Gasteiger partial charge in [0.2, 0.25) is 0 Å². The average Bonchev–Trinajstić information content (AvgIpc) is 2.66. The molecule has 1 aromatic carbocycles. The van der Waals surface area contributed by atoms with Crippen molar-refractivity contribution in [1.29, 1.82) is 0 Å². The molecular formula is C10H13N3O2. The lowest BCUT2D eigenvalue weighted by Gasteiger charge is -2.21. The first-order valence-electron chi connectivity index (χ1n) is 4.69. The van der Waals surface area contributed by atoms with Crippen molar-refractivity contribution in [2.45, 2.75) is 18.2 Å². The van der Waals surface area contributed by atoms with Crippen LogP contribution in [-0.2, 0) is 4.84 Å². The second-order valence-corrected chi connectivity index (χ2v) is 3.54. The van der Waals surface area contributed by atoms with Crippen molar-refractivity contribution in [2.24, 2.45) is 10.8 Å². The highest BCUT2D eigenvalue weighted by Crippen LogP contribution is 2.23. The van der Waals surface area contributed by atoms with Gasteiger partial charge in [-0.1, -0.05) is 30.3 Å². The molecule has 2 rings (SSSR count). The highest BCUT2D eigenvalue weighted by molar-refractivity contribution is 5.68. The van der Waals surface area contributed by atoms with Gasteiger partial charge in [-0.05, 0) is 5.56 Å². The summed E-state index contributed by atoms with van der Waals surface area (Å²) >= 11 is 0. The first-order chi connectivity index (χ1) is 7.20. The van der Waals surface area contributed by atoms with Crippen molar-refractivity contribution >= 4 is 6.21 Å². The first-order valence-corrected chi connectivity index (χ1v) is 4.69. The highest BCUT2D eigenvalue weighted by atomic mass is 16.7. The van der Waals surface area contributed by atoms with Crippen molar-refractivity contribution in [3.05, 3.63) is 35.9 Å². The van der Waals surface area contributed by atoms with Crippen LogP contribution >= 0.6 is 0 Å². The molecule has 5 nitrogen and oxygen atoms in total. The molecule has 1 aliphatic rings. The van der Waals surface area contributed by atoms with Gasteiger partial charge in [0.1, 0.15) is 0 Å². The Morgan fingerprint density at radius 3 is 2.80 bits per heavy atom. The van der Waals surface area contributed by atoms with Crippen LogP contribution in [0.25, 0.3) is 0 Å². The molecule has 1 aromatic rings.